The highest BCUT2D eigenvalue weighted by molar-refractivity contribution is 6.38. The second kappa shape index (κ2) is 2.53. The molecule has 0 heterocycles. The van der Waals surface area contributed by atoms with E-state index in [1.54, 1.807) is 0 Å². The van der Waals surface area contributed by atoms with Crippen LogP contribution in [-0.2, 0) is 0 Å². The fourth-order valence-electron chi connectivity index (χ4n) is 1.25. The first-order valence-corrected chi connectivity index (χ1v) is 3.65. The van der Waals surface area contributed by atoms with Crippen LogP contribution in [0.4, 0.5) is 0 Å². The fraction of sp³-hybridized carbons (Fsp3) is 0.250. The highest BCUT2D eigenvalue weighted by Gasteiger charge is 1.95. The maximum atomic E-state index is 2.22. The van der Waals surface area contributed by atoms with Crippen molar-refractivity contribution < 1.29 is 0 Å². The summed E-state index contributed by atoms with van der Waals surface area (Å²) in [7, 11) is 4.30. The Hall–Kier alpha value is -0.650. The summed E-state index contributed by atoms with van der Waals surface area (Å²) in [6.45, 7) is 4.33. The van der Waals surface area contributed by atoms with Gasteiger partial charge in [-0.15, -0.1) is 0 Å². The number of aryl methyl sites for hydroxylation is 1. The molecule has 0 saturated carbocycles. The Morgan fingerprint density at radius 3 is 2.20 bits per heavy atom. The smallest absolute Gasteiger partial charge is 0.0892 e. The molecule has 0 spiro atoms. The molecule has 0 saturated heterocycles. The summed E-state index contributed by atoms with van der Waals surface area (Å²) in [4.78, 5) is 0. The van der Waals surface area contributed by atoms with Gasteiger partial charge in [0.1, 0.15) is 15.7 Å². The predicted octanol–water partition coefficient (Wildman–Crippen LogP) is -1.18. The molecule has 2 heteroatoms. The van der Waals surface area contributed by atoms with Gasteiger partial charge in [0.2, 0.25) is 0 Å². The molecule has 0 atom stereocenters. The molecule has 0 aliphatic rings. The van der Waals surface area contributed by atoms with Gasteiger partial charge in [-0.3, -0.25) is 0 Å². The van der Waals surface area contributed by atoms with E-state index in [9.17, 15) is 0 Å². The van der Waals surface area contributed by atoms with E-state index in [2.05, 4.69) is 41.7 Å². The number of rotatable bonds is 0. The van der Waals surface area contributed by atoms with Gasteiger partial charge in [0, 0.05) is 0 Å². The molecule has 1 rings (SSSR count). The summed E-state index contributed by atoms with van der Waals surface area (Å²) in [6, 6.07) is 4.45. The molecular formula is C8H12B2. The van der Waals surface area contributed by atoms with Gasteiger partial charge >= 0.3 is 0 Å². The van der Waals surface area contributed by atoms with Crippen molar-refractivity contribution in [1.82, 2.24) is 0 Å². The van der Waals surface area contributed by atoms with Gasteiger partial charge in [0.15, 0.2) is 0 Å². The van der Waals surface area contributed by atoms with E-state index in [1.807, 2.05) is 0 Å². The van der Waals surface area contributed by atoms with Crippen molar-refractivity contribution in [3.8, 4) is 0 Å². The summed E-state index contributed by atoms with van der Waals surface area (Å²) >= 11 is 0. The fourth-order valence-corrected chi connectivity index (χ4v) is 1.25. The summed E-state index contributed by atoms with van der Waals surface area (Å²) in [6.07, 6.45) is 0. The van der Waals surface area contributed by atoms with E-state index in [-0.39, 0.29) is 0 Å². The van der Waals surface area contributed by atoms with Gasteiger partial charge in [-0.1, -0.05) is 28.6 Å². The highest BCUT2D eigenvalue weighted by atomic mass is 14.0. The van der Waals surface area contributed by atoms with Crippen LogP contribution in [0.3, 0.4) is 0 Å². The highest BCUT2D eigenvalue weighted by Crippen LogP contribution is 1.98. The lowest BCUT2D eigenvalue weighted by Gasteiger charge is -2.05. The van der Waals surface area contributed by atoms with E-state index in [1.165, 1.54) is 22.1 Å². The average molecular weight is 130 g/mol. The summed E-state index contributed by atoms with van der Waals surface area (Å²) < 4.78 is 0. The summed E-state index contributed by atoms with van der Waals surface area (Å²) in [5, 5.41) is 0. The van der Waals surface area contributed by atoms with Gasteiger partial charge < -0.3 is 0 Å². The quantitative estimate of drug-likeness (QED) is 0.387. The van der Waals surface area contributed by atoms with Crippen molar-refractivity contribution in [3.05, 3.63) is 23.3 Å². The molecule has 0 aliphatic carbocycles. The Morgan fingerprint density at radius 2 is 1.70 bits per heavy atom. The first kappa shape index (κ1) is 7.46. The van der Waals surface area contributed by atoms with Crippen LogP contribution in [0, 0.1) is 13.8 Å². The van der Waals surface area contributed by atoms with Crippen molar-refractivity contribution >= 4 is 26.6 Å². The Morgan fingerprint density at radius 1 is 1.10 bits per heavy atom. The lowest BCUT2D eigenvalue weighted by Crippen LogP contribution is -2.17. The maximum Gasteiger partial charge on any atom is 0.139 e. The first-order chi connectivity index (χ1) is 4.61. The lowest BCUT2D eigenvalue weighted by molar-refractivity contribution is 1.38. The topological polar surface area (TPSA) is 0 Å². The molecule has 0 nitrogen and oxygen atoms in total. The van der Waals surface area contributed by atoms with Crippen molar-refractivity contribution in [3.63, 3.8) is 0 Å². The molecule has 0 unspecified atom stereocenters. The molecule has 0 fully saturated rings. The summed E-state index contributed by atoms with van der Waals surface area (Å²) in [5.74, 6) is 0. The average Bonchev–Trinajstić information content (AvgIpc) is 1.82. The minimum absolute atomic E-state index is 1.36. The zero-order chi connectivity index (χ0) is 7.72. The molecule has 0 aromatic heterocycles. The molecular weight excluding hydrogens is 118 g/mol. The Labute approximate surface area is 64.5 Å². The summed E-state index contributed by atoms with van der Waals surface area (Å²) in [5.41, 5.74) is 5.58. The Bertz CT molecular complexity index is 230. The monoisotopic (exact) mass is 130 g/mol. The molecule has 50 valence electrons. The number of benzene rings is 1. The normalized spacial score (nSPS) is 9.80. The third kappa shape index (κ3) is 1.26. The van der Waals surface area contributed by atoms with Crippen molar-refractivity contribution in [2.24, 2.45) is 0 Å². The largest absolute Gasteiger partial charge is 0.139 e. The van der Waals surface area contributed by atoms with E-state index >= 15 is 0 Å². The minimum Gasteiger partial charge on any atom is -0.0892 e. The van der Waals surface area contributed by atoms with Gasteiger partial charge in [-0.25, -0.2) is 0 Å². The van der Waals surface area contributed by atoms with E-state index in [0.717, 1.165) is 0 Å². The molecule has 10 heavy (non-hydrogen) atoms. The second-order valence-electron chi connectivity index (χ2n) is 3.02. The van der Waals surface area contributed by atoms with Crippen LogP contribution in [0.25, 0.3) is 0 Å². The molecule has 0 N–H and O–H groups in total. The van der Waals surface area contributed by atoms with Crippen molar-refractivity contribution in [2.75, 3.05) is 0 Å². The van der Waals surface area contributed by atoms with Crippen LogP contribution in [0.5, 0.6) is 0 Å². The van der Waals surface area contributed by atoms with Gasteiger partial charge in [0.25, 0.3) is 0 Å². The van der Waals surface area contributed by atoms with Crippen LogP contribution in [-0.4, -0.2) is 15.7 Å². The number of hydrogen-bond donors (Lipinski definition) is 0. The van der Waals surface area contributed by atoms with E-state index in [4.69, 9.17) is 0 Å². The third-order valence-corrected chi connectivity index (χ3v) is 2.07. The molecule has 0 radical (unpaired) electrons. The van der Waals surface area contributed by atoms with Crippen LogP contribution in [0.1, 0.15) is 11.1 Å². The van der Waals surface area contributed by atoms with Crippen LogP contribution in [0.2, 0.25) is 0 Å². The lowest BCUT2D eigenvalue weighted by atomic mass is 9.82. The maximum absolute atomic E-state index is 2.22. The zero-order valence-corrected chi connectivity index (χ0v) is 7.15. The first-order valence-electron chi connectivity index (χ1n) is 3.65. The van der Waals surface area contributed by atoms with Crippen LogP contribution >= 0.6 is 0 Å². The second-order valence-corrected chi connectivity index (χ2v) is 3.02. The van der Waals surface area contributed by atoms with E-state index < -0.39 is 0 Å². The van der Waals surface area contributed by atoms with Crippen molar-refractivity contribution in [2.45, 2.75) is 13.8 Å². The standard InChI is InChI=1S/C8H12B2/c1-5-3-7(9)4-8(10)6(5)2/h3-4H,9-10H2,1-2H3. The Balaban J connectivity index is 3.31. The zero-order valence-electron chi connectivity index (χ0n) is 7.15. The molecule has 1 aromatic carbocycles. The molecule has 1 aromatic rings. The van der Waals surface area contributed by atoms with E-state index in [0.29, 0.717) is 0 Å². The van der Waals surface area contributed by atoms with Crippen LogP contribution < -0.4 is 10.9 Å². The minimum atomic E-state index is 1.36. The van der Waals surface area contributed by atoms with Crippen LogP contribution in [0.15, 0.2) is 12.1 Å². The van der Waals surface area contributed by atoms with Crippen molar-refractivity contribution in [1.29, 1.82) is 0 Å². The number of hydrogen-bond acceptors (Lipinski definition) is 0. The van der Waals surface area contributed by atoms with Gasteiger partial charge in [-0.2, -0.15) is 0 Å². The molecule has 0 amide bonds. The van der Waals surface area contributed by atoms with Gasteiger partial charge in [-0.05, 0) is 19.4 Å². The predicted molar refractivity (Wildman–Crippen MR) is 52.3 cm³/mol. The molecule has 0 bridgehead atoms. The SMILES string of the molecule is Bc1cc(B)c(C)c(C)c1. The molecule has 0 aliphatic heterocycles. The third-order valence-electron chi connectivity index (χ3n) is 2.07. The Kier molecular flexibility index (Phi) is 1.89. The van der Waals surface area contributed by atoms with Gasteiger partial charge in [0.05, 0.1) is 0 Å².